The Morgan fingerprint density at radius 3 is 2.94 bits per heavy atom. The van der Waals surface area contributed by atoms with Crippen molar-refractivity contribution in [2.24, 2.45) is 0 Å². The van der Waals surface area contributed by atoms with Crippen LogP contribution < -0.4 is 10.1 Å². The molecule has 90 valence electrons. The van der Waals surface area contributed by atoms with Gasteiger partial charge in [-0.15, -0.1) is 0 Å². The van der Waals surface area contributed by atoms with Gasteiger partial charge in [-0.1, -0.05) is 32.8 Å². The first kappa shape index (κ1) is 13.0. The maximum absolute atomic E-state index is 5.69. The monoisotopic (exact) mass is 222 g/mol. The summed E-state index contributed by atoms with van der Waals surface area (Å²) in [6.45, 7) is 6.84. The van der Waals surface area contributed by atoms with Gasteiger partial charge < -0.3 is 10.1 Å². The van der Waals surface area contributed by atoms with Crippen LogP contribution in [0, 0.1) is 0 Å². The fraction of sp³-hybridized carbons (Fsp3) is 0.615. The molecule has 0 amide bonds. The maximum Gasteiger partial charge on any atom is 0.217 e. The topological polar surface area (TPSA) is 34.1 Å². The minimum absolute atomic E-state index is 0.768. The summed E-state index contributed by atoms with van der Waals surface area (Å²) >= 11 is 0. The third-order valence-electron chi connectivity index (χ3n) is 2.40. The zero-order valence-electron chi connectivity index (χ0n) is 10.3. The molecule has 0 radical (unpaired) electrons. The number of ether oxygens (including phenoxy) is 1. The van der Waals surface area contributed by atoms with E-state index in [9.17, 15) is 0 Å². The molecule has 0 aliphatic carbocycles. The van der Waals surface area contributed by atoms with E-state index in [4.69, 9.17) is 4.74 Å². The molecule has 0 unspecified atom stereocenters. The Morgan fingerprint density at radius 1 is 1.31 bits per heavy atom. The van der Waals surface area contributed by atoms with Gasteiger partial charge in [0.2, 0.25) is 5.88 Å². The van der Waals surface area contributed by atoms with Crippen molar-refractivity contribution in [3.8, 4) is 5.88 Å². The van der Waals surface area contributed by atoms with E-state index in [2.05, 4.69) is 30.2 Å². The van der Waals surface area contributed by atoms with Crippen molar-refractivity contribution in [1.82, 2.24) is 10.3 Å². The summed E-state index contributed by atoms with van der Waals surface area (Å²) in [5, 5.41) is 3.29. The van der Waals surface area contributed by atoms with Crippen molar-refractivity contribution < 1.29 is 4.74 Å². The fourth-order valence-electron chi connectivity index (χ4n) is 1.47. The molecule has 0 aromatic carbocycles. The number of nitrogens with zero attached hydrogens (tertiary/aromatic N) is 1. The van der Waals surface area contributed by atoms with Gasteiger partial charge in [0.25, 0.3) is 0 Å². The predicted octanol–water partition coefficient (Wildman–Crippen LogP) is 2.76. The molecule has 0 aliphatic heterocycles. The molecule has 0 saturated carbocycles. The minimum Gasteiger partial charge on any atom is -0.477 e. The van der Waals surface area contributed by atoms with Gasteiger partial charge >= 0.3 is 0 Å². The van der Waals surface area contributed by atoms with E-state index >= 15 is 0 Å². The summed E-state index contributed by atoms with van der Waals surface area (Å²) in [5.41, 5.74) is 1.14. The highest BCUT2D eigenvalue weighted by molar-refractivity contribution is 5.25. The summed E-state index contributed by atoms with van der Waals surface area (Å²) < 4.78 is 5.69. The molecule has 1 N–H and O–H groups in total. The highest BCUT2D eigenvalue weighted by atomic mass is 16.5. The van der Waals surface area contributed by atoms with Gasteiger partial charge in [0, 0.05) is 18.3 Å². The number of unbranched alkanes of at least 4 members (excludes halogenated alkanes) is 2. The highest BCUT2D eigenvalue weighted by Crippen LogP contribution is 2.14. The lowest BCUT2D eigenvalue weighted by molar-refractivity contribution is 0.291. The molecule has 1 heterocycles. The molecule has 1 aromatic heterocycles. The third-order valence-corrected chi connectivity index (χ3v) is 2.40. The second-order valence-electron chi connectivity index (χ2n) is 3.80. The zero-order valence-corrected chi connectivity index (χ0v) is 10.3. The number of hydrogen-bond acceptors (Lipinski definition) is 3. The molecule has 1 rings (SSSR count). The Bertz CT molecular complexity index is 289. The highest BCUT2D eigenvalue weighted by Gasteiger charge is 2.03. The average molecular weight is 222 g/mol. The van der Waals surface area contributed by atoms with Gasteiger partial charge in [-0.3, -0.25) is 0 Å². The first-order valence-corrected chi connectivity index (χ1v) is 6.15. The van der Waals surface area contributed by atoms with Crippen LogP contribution in [0.4, 0.5) is 0 Å². The van der Waals surface area contributed by atoms with Crippen molar-refractivity contribution in [3.05, 3.63) is 23.9 Å². The van der Waals surface area contributed by atoms with Crippen LogP contribution in [0.5, 0.6) is 5.88 Å². The van der Waals surface area contributed by atoms with Gasteiger partial charge in [0.05, 0.1) is 6.61 Å². The van der Waals surface area contributed by atoms with Gasteiger partial charge in [0.1, 0.15) is 0 Å². The first-order chi connectivity index (χ1) is 7.88. The standard InChI is InChI=1S/C13H22N2O/c1-3-5-6-10-16-13-12(11-14-4-2)8-7-9-15-13/h7-9,14H,3-6,10-11H2,1-2H3. The summed E-state index contributed by atoms with van der Waals surface area (Å²) in [6, 6.07) is 4.01. The lowest BCUT2D eigenvalue weighted by atomic mass is 10.2. The first-order valence-electron chi connectivity index (χ1n) is 6.15. The number of aromatic nitrogens is 1. The quantitative estimate of drug-likeness (QED) is 0.687. The molecule has 0 atom stereocenters. The third kappa shape index (κ3) is 4.62. The lowest BCUT2D eigenvalue weighted by Gasteiger charge is -2.10. The fourth-order valence-corrected chi connectivity index (χ4v) is 1.47. The van der Waals surface area contributed by atoms with Gasteiger partial charge in [-0.05, 0) is 19.0 Å². The molecule has 16 heavy (non-hydrogen) atoms. The van der Waals surface area contributed by atoms with Crippen LogP contribution in [-0.4, -0.2) is 18.1 Å². The molecular formula is C13H22N2O. The van der Waals surface area contributed by atoms with E-state index < -0.39 is 0 Å². The summed E-state index contributed by atoms with van der Waals surface area (Å²) in [4.78, 5) is 4.27. The smallest absolute Gasteiger partial charge is 0.217 e. The van der Waals surface area contributed by atoms with Crippen molar-refractivity contribution >= 4 is 0 Å². The molecule has 3 heteroatoms. The Labute approximate surface area is 98.2 Å². The second kappa shape index (κ2) is 8.11. The van der Waals surface area contributed by atoms with Crippen LogP contribution in [0.1, 0.15) is 38.7 Å². The largest absolute Gasteiger partial charge is 0.477 e. The van der Waals surface area contributed by atoms with Crippen molar-refractivity contribution in [2.75, 3.05) is 13.2 Å². The lowest BCUT2D eigenvalue weighted by Crippen LogP contribution is -2.13. The normalized spacial score (nSPS) is 10.4. The van der Waals surface area contributed by atoms with Crippen molar-refractivity contribution in [2.45, 2.75) is 39.7 Å². The van der Waals surface area contributed by atoms with Crippen molar-refractivity contribution in [1.29, 1.82) is 0 Å². The number of rotatable bonds is 8. The minimum atomic E-state index is 0.768. The molecule has 3 nitrogen and oxygen atoms in total. The van der Waals surface area contributed by atoms with E-state index in [0.29, 0.717) is 0 Å². The molecular weight excluding hydrogens is 200 g/mol. The zero-order chi connectivity index (χ0) is 11.6. The number of nitrogens with one attached hydrogen (secondary N) is 1. The molecule has 0 spiro atoms. The summed E-state index contributed by atoms with van der Waals surface area (Å²) in [6.07, 6.45) is 5.32. The van der Waals surface area contributed by atoms with Crippen LogP contribution in [0.25, 0.3) is 0 Å². The molecule has 1 aromatic rings. The van der Waals surface area contributed by atoms with Crippen LogP contribution >= 0.6 is 0 Å². The van der Waals surface area contributed by atoms with Crippen LogP contribution in [0.2, 0.25) is 0 Å². The molecule has 0 bridgehead atoms. The van der Waals surface area contributed by atoms with Gasteiger partial charge in [-0.25, -0.2) is 4.98 Å². The van der Waals surface area contributed by atoms with E-state index in [1.165, 1.54) is 12.8 Å². The summed E-state index contributed by atoms with van der Waals surface area (Å²) in [7, 11) is 0. The van der Waals surface area contributed by atoms with Gasteiger partial charge in [0.15, 0.2) is 0 Å². The predicted molar refractivity (Wildman–Crippen MR) is 66.6 cm³/mol. The van der Waals surface area contributed by atoms with Crippen molar-refractivity contribution in [3.63, 3.8) is 0 Å². The Balaban J connectivity index is 2.43. The molecule has 0 fully saturated rings. The second-order valence-corrected chi connectivity index (χ2v) is 3.80. The summed E-state index contributed by atoms with van der Waals surface area (Å²) in [5.74, 6) is 0.777. The molecule has 0 aliphatic rings. The SMILES string of the molecule is CCCCCOc1ncccc1CNCC. The number of hydrogen-bond donors (Lipinski definition) is 1. The van der Waals surface area contributed by atoms with Crippen LogP contribution in [0.3, 0.4) is 0 Å². The van der Waals surface area contributed by atoms with E-state index in [0.717, 1.165) is 37.6 Å². The Kier molecular flexibility index (Phi) is 6.58. The van der Waals surface area contributed by atoms with E-state index in [-0.39, 0.29) is 0 Å². The molecule has 0 saturated heterocycles. The Hall–Kier alpha value is -1.09. The van der Waals surface area contributed by atoms with E-state index in [1.54, 1.807) is 6.20 Å². The van der Waals surface area contributed by atoms with Crippen LogP contribution in [0.15, 0.2) is 18.3 Å². The van der Waals surface area contributed by atoms with Gasteiger partial charge in [-0.2, -0.15) is 0 Å². The van der Waals surface area contributed by atoms with Crippen LogP contribution in [-0.2, 0) is 6.54 Å². The average Bonchev–Trinajstić information content (AvgIpc) is 2.33. The number of pyridine rings is 1. The van der Waals surface area contributed by atoms with E-state index in [1.807, 2.05) is 6.07 Å². The maximum atomic E-state index is 5.69. The Morgan fingerprint density at radius 2 is 2.19 bits per heavy atom.